The van der Waals surface area contributed by atoms with Crippen LogP contribution in [-0.4, -0.2) is 60.5 Å². The minimum Gasteiger partial charge on any atom is -0.354 e. The number of rotatable bonds is 4. The van der Waals surface area contributed by atoms with E-state index in [1.165, 1.54) is 0 Å². The van der Waals surface area contributed by atoms with Crippen LogP contribution in [0.5, 0.6) is 0 Å². The minimum atomic E-state index is 0.321. The van der Waals surface area contributed by atoms with Crippen LogP contribution in [0.3, 0.4) is 0 Å². The lowest BCUT2D eigenvalue weighted by Crippen LogP contribution is -2.48. The van der Waals surface area contributed by atoms with E-state index in [4.69, 9.17) is 4.98 Å². The fraction of sp³-hybridized carbons (Fsp3) is 0.722. The Labute approximate surface area is 144 Å². The Morgan fingerprint density at radius 3 is 2.62 bits per heavy atom. The highest BCUT2D eigenvalue weighted by Gasteiger charge is 2.32. The molecule has 2 saturated heterocycles. The molecule has 3 heterocycles. The second-order valence-electron chi connectivity index (χ2n) is 7.43. The number of anilines is 2. The molecule has 6 heteroatoms. The van der Waals surface area contributed by atoms with Crippen molar-refractivity contribution >= 4 is 17.7 Å². The van der Waals surface area contributed by atoms with E-state index in [2.05, 4.69) is 34.7 Å². The van der Waals surface area contributed by atoms with Crippen molar-refractivity contribution in [1.82, 2.24) is 14.9 Å². The van der Waals surface area contributed by atoms with Crippen LogP contribution in [0.2, 0.25) is 0 Å². The van der Waals surface area contributed by atoms with Gasteiger partial charge in [0.15, 0.2) is 0 Å². The largest absolute Gasteiger partial charge is 0.354 e. The summed E-state index contributed by atoms with van der Waals surface area (Å²) in [5, 5.41) is 0. The van der Waals surface area contributed by atoms with Crippen molar-refractivity contribution in [2.24, 2.45) is 0 Å². The standard InChI is InChI=1S/C18H29N5O/c1-13(2)15-11-16(20-18(19-15)21(3)4)22-9-5-7-14(12-22)23-10-6-8-17(23)24/h11,13-14H,5-10,12H2,1-4H3/t14-/m0/s1. The summed E-state index contributed by atoms with van der Waals surface area (Å²) in [4.78, 5) is 27.9. The molecule has 2 aliphatic rings. The van der Waals surface area contributed by atoms with Gasteiger partial charge in [0.05, 0.1) is 5.69 Å². The van der Waals surface area contributed by atoms with Crippen molar-refractivity contribution in [3.05, 3.63) is 11.8 Å². The van der Waals surface area contributed by atoms with Crippen molar-refractivity contribution < 1.29 is 4.79 Å². The van der Waals surface area contributed by atoms with Crippen molar-refractivity contribution in [3.8, 4) is 0 Å². The molecule has 0 saturated carbocycles. The van der Waals surface area contributed by atoms with Crippen LogP contribution >= 0.6 is 0 Å². The predicted octanol–water partition coefficient (Wildman–Crippen LogP) is 2.26. The maximum Gasteiger partial charge on any atom is 0.227 e. The first-order valence-electron chi connectivity index (χ1n) is 9.06. The molecule has 0 aromatic carbocycles. The van der Waals surface area contributed by atoms with Gasteiger partial charge in [0.2, 0.25) is 11.9 Å². The maximum atomic E-state index is 12.1. The molecule has 132 valence electrons. The highest BCUT2D eigenvalue weighted by molar-refractivity contribution is 5.78. The Morgan fingerprint density at radius 2 is 2.00 bits per heavy atom. The van der Waals surface area contributed by atoms with Crippen LogP contribution < -0.4 is 9.80 Å². The molecule has 1 aromatic heterocycles. The summed E-state index contributed by atoms with van der Waals surface area (Å²) in [5.41, 5.74) is 1.07. The molecule has 6 nitrogen and oxygen atoms in total. The van der Waals surface area contributed by atoms with Crippen molar-refractivity contribution in [3.63, 3.8) is 0 Å². The molecule has 0 bridgehead atoms. The van der Waals surface area contributed by atoms with Gasteiger partial charge in [0, 0.05) is 52.3 Å². The third kappa shape index (κ3) is 3.47. The average Bonchev–Trinajstić information content (AvgIpc) is 3.00. The highest BCUT2D eigenvalue weighted by atomic mass is 16.2. The van der Waals surface area contributed by atoms with E-state index in [9.17, 15) is 4.79 Å². The first-order chi connectivity index (χ1) is 11.5. The van der Waals surface area contributed by atoms with Crippen LogP contribution in [0.25, 0.3) is 0 Å². The summed E-state index contributed by atoms with van der Waals surface area (Å²) in [7, 11) is 3.95. The monoisotopic (exact) mass is 331 g/mol. The normalized spacial score (nSPS) is 21.7. The summed E-state index contributed by atoms with van der Waals surface area (Å²) < 4.78 is 0. The van der Waals surface area contributed by atoms with Crippen LogP contribution in [0.4, 0.5) is 11.8 Å². The highest BCUT2D eigenvalue weighted by Crippen LogP contribution is 2.27. The molecule has 1 aromatic rings. The van der Waals surface area contributed by atoms with Gasteiger partial charge in [-0.25, -0.2) is 4.98 Å². The number of aromatic nitrogens is 2. The SMILES string of the molecule is CC(C)c1cc(N2CCC[C@H](N3CCCC3=O)C2)nc(N(C)C)n1. The fourth-order valence-electron chi connectivity index (χ4n) is 3.57. The molecule has 0 N–H and O–H groups in total. The van der Waals surface area contributed by atoms with E-state index in [-0.39, 0.29) is 0 Å². The lowest BCUT2D eigenvalue weighted by atomic mass is 10.0. The van der Waals surface area contributed by atoms with Crippen LogP contribution in [0.15, 0.2) is 6.07 Å². The van der Waals surface area contributed by atoms with Gasteiger partial charge in [-0.3, -0.25) is 4.79 Å². The summed E-state index contributed by atoms with van der Waals surface area (Å²) in [6, 6.07) is 2.44. The number of hydrogen-bond donors (Lipinski definition) is 0. The van der Waals surface area contributed by atoms with E-state index < -0.39 is 0 Å². The number of carbonyl (C=O) groups excluding carboxylic acids is 1. The lowest BCUT2D eigenvalue weighted by molar-refractivity contribution is -0.129. The first-order valence-corrected chi connectivity index (χ1v) is 9.06. The topological polar surface area (TPSA) is 52.6 Å². The van der Waals surface area contributed by atoms with Gasteiger partial charge in [-0.2, -0.15) is 4.98 Å². The van der Waals surface area contributed by atoms with E-state index in [1.807, 2.05) is 19.0 Å². The Morgan fingerprint density at radius 1 is 1.21 bits per heavy atom. The number of likely N-dealkylation sites (tertiary alicyclic amines) is 1. The van der Waals surface area contributed by atoms with Crippen molar-refractivity contribution in [2.45, 2.75) is 51.5 Å². The van der Waals surface area contributed by atoms with Crippen molar-refractivity contribution in [1.29, 1.82) is 0 Å². The Bertz CT molecular complexity index is 575. The number of nitrogens with zero attached hydrogens (tertiary/aromatic N) is 5. The summed E-state index contributed by atoms with van der Waals surface area (Å²) in [6.07, 6.45) is 3.93. The van der Waals surface area contributed by atoms with Gasteiger partial charge in [-0.15, -0.1) is 0 Å². The molecule has 3 rings (SSSR count). The number of carbonyl (C=O) groups is 1. The molecule has 0 unspecified atom stereocenters. The summed E-state index contributed by atoms with van der Waals surface area (Å²) in [6.45, 7) is 7.12. The molecule has 0 spiro atoms. The van der Waals surface area contributed by atoms with Crippen LogP contribution in [0, 0.1) is 0 Å². The van der Waals surface area contributed by atoms with Gasteiger partial charge < -0.3 is 14.7 Å². The molecular weight excluding hydrogens is 302 g/mol. The zero-order valence-electron chi connectivity index (χ0n) is 15.3. The molecule has 0 radical (unpaired) electrons. The van der Waals surface area contributed by atoms with Crippen LogP contribution in [0.1, 0.15) is 51.1 Å². The molecule has 1 atom stereocenters. The van der Waals surface area contributed by atoms with E-state index in [0.717, 1.165) is 56.4 Å². The zero-order valence-corrected chi connectivity index (χ0v) is 15.3. The quantitative estimate of drug-likeness (QED) is 0.847. The number of piperidine rings is 1. The second kappa shape index (κ2) is 6.95. The third-order valence-corrected chi connectivity index (χ3v) is 4.98. The second-order valence-corrected chi connectivity index (χ2v) is 7.43. The van der Waals surface area contributed by atoms with E-state index in [1.54, 1.807) is 0 Å². The van der Waals surface area contributed by atoms with Crippen molar-refractivity contribution in [2.75, 3.05) is 43.5 Å². The van der Waals surface area contributed by atoms with Gasteiger partial charge in [-0.05, 0) is 25.2 Å². The summed E-state index contributed by atoms with van der Waals surface area (Å²) in [5.74, 6) is 2.44. The Kier molecular flexibility index (Phi) is 4.92. The Hall–Kier alpha value is -1.85. The smallest absolute Gasteiger partial charge is 0.227 e. The van der Waals surface area contributed by atoms with Crippen LogP contribution in [-0.2, 0) is 4.79 Å². The predicted molar refractivity (Wildman–Crippen MR) is 96.6 cm³/mol. The average molecular weight is 331 g/mol. The molecular formula is C18H29N5O. The molecule has 0 aliphatic carbocycles. The Balaban J connectivity index is 1.83. The molecule has 24 heavy (non-hydrogen) atoms. The minimum absolute atomic E-state index is 0.321. The molecule has 2 fully saturated rings. The number of hydrogen-bond acceptors (Lipinski definition) is 5. The third-order valence-electron chi connectivity index (χ3n) is 4.98. The number of amides is 1. The maximum absolute atomic E-state index is 12.1. The van der Waals surface area contributed by atoms with Gasteiger partial charge in [-0.1, -0.05) is 13.8 Å². The van der Waals surface area contributed by atoms with Gasteiger partial charge >= 0.3 is 0 Å². The molecule has 2 aliphatic heterocycles. The lowest BCUT2D eigenvalue weighted by Gasteiger charge is -2.38. The van der Waals surface area contributed by atoms with E-state index >= 15 is 0 Å². The van der Waals surface area contributed by atoms with Gasteiger partial charge in [0.25, 0.3) is 0 Å². The van der Waals surface area contributed by atoms with E-state index in [0.29, 0.717) is 24.3 Å². The first kappa shape index (κ1) is 17.0. The fourth-order valence-corrected chi connectivity index (χ4v) is 3.57. The zero-order chi connectivity index (χ0) is 17.3. The summed E-state index contributed by atoms with van der Waals surface area (Å²) >= 11 is 0. The molecule has 1 amide bonds. The van der Waals surface area contributed by atoms with Gasteiger partial charge in [0.1, 0.15) is 5.82 Å².